The first-order valence-electron chi connectivity index (χ1n) is 9.06. The number of carbonyl (C=O) groups is 3. The average molecular weight is 438 g/mol. The molecule has 2 aromatic carbocycles. The van der Waals surface area contributed by atoms with Gasteiger partial charge in [0.2, 0.25) is 11.8 Å². The highest BCUT2D eigenvalue weighted by Crippen LogP contribution is 2.31. The van der Waals surface area contributed by atoms with Gasteiger partial charge in [0.05, 0.1) is 17.3 Å². The van der Waals surface area contributed by atoms with E-state index in [4.69, 9.17) is 11.6 Å². The number of halogens is 3. The van der Waals surface area contributed by atoms with E-state index in [1.165, 1.54) is 24.3 Å². The molecular formula is C20H18ClF2N3O4. The highest BCUT2D eigenvalue weighted by atomic mass is 35.5. The Hall–Kier alpha value is -3.20. The first-order chi connectivity index (χ1) is 14.3. The van der Waals surface area contributed by atoms with E-state index in [1.807, 2.05) is 0 Å². The minimum atomic E-state index is -3.00. The average Bonchev–Trinajstić information content (AvgIpc) is 3.11. The molecule has 158 valence electrons. The molecule has 1 aliphatic heterocycles. The van der Waals surface area contributed by atoms with Crippen LogP contribution in [0.1, 0.15) is 23.2 Å². The molecule has 0 aliphatic carbocycles. The van der Waals surface area contributed by atoms with Crippen LogP contribution < -0.4 is 20.3 Å². The van der Waals surface area contributed by atoms with E-state index >= 15 is 0 Å². The number of benzene rings is 2. The molecule has 1 heterocycles. The third-order valence-electron chi connectivity index (χ3n) is 4.33. The minimum Gasteiger partial charge on any atom is -0.435 e. The largest absolute Gasteiger partial charge is 0.435 e. The number of hydrogen-bond acceptors (Lipinski definition) is 4. The second-order valence-electron chi connectivity index (χ2n) is 6.45. The zero-order valence-corrected chi connectivity index (χ0v) is 16.4. The number of hydrogen-bond donors (Lipinski definition) is 2. The summed E-state index contributed by atoms with van der Waals surface area (Å²) in [7, 11) is 0. The number of rotatable bonds is 7. The molecule has 0 radical (unpaired) electrons. The first-order valence-corrected chi connectivity index (χ1v) is 9.44. The Labute approximate surface area is 175 Å². The van der Waals surface area contributed by atoms with Crippen molar-refractivity contribution in [3.63, 3.8) is 0 Å². The maximum Gasteiger partial charge on any atom is 0.387 e. The molecular weight excluding hydrogens is 420 g/mol. The number of nitrogens with one attached hydrogen (secondary N) is 2. The molecule has 3 amide bonds. The smallest absolute Gasteiger partial charge is 0.387 e. The standard InChI is InChI=1S/C20H18ClF2N3O4/c21-15-10-13(6-7-16(15)26-8-2-5-18(26)28)25-17(27)11-24-19(29)12-3-1-4-14(9-12)30-20(22)23/h1,3-4,6-7,9-10,20H,2,5,8,11H2,(H,24,29)(H,25,27). The molecule has 2 N–H and O–H groups in total. The Kier molecular flexibility index (Phi) is 6.83. The van der Waals surface area contributed by atoms with Crippen molar-refractivity contribution in [2.75, 3.05) is 23.3 Å². The van der Waals surface area contributed by atoms with Gasteiger partial charge in [0.1, 0.15) is 5.75 Å². The Bertz CT molecular complexity index is 971. The molecule has 1 saturated heterocycles. The molecule has 0 aromatic heterocycles. The quantitative estimate of drug-likeness (QED) is 0.694. The maximum absolute atomic E-state index is 12.3. The van der Waals surface area contributed by atoms with Gasteiger partial charge in [0, 0.05) is 24.2 Å². The van der Waals surface area contributed by atoms with Crippen molar-refractivity contribution in [1.29, 1.82) is 0 Å². The van der Waals surface area contributed by atoms with E-state index in [9.17, 15) is 23.2 Å². The molecule has 0 saturated carbocycles. The molecule has 10 heteroatoms. The van der Waals surface area contributed by atoms with Gasteiger partial charge in [-0.1, -0.05) is 17.7 Å². The summed E-state index contributed by atoms with van der Waals surface area (Å²) in [5.41, 5.74) is 1.06. The summed E-state index contributed by atoms with van der Waals surface area (Å²) in [6, 6.07) is 10.0. The topological polar surface area (TPSA) is 87.7 Å². The normalized spacial score (nSPS) is 13.5. The van der Waals surface area contributed by atoms with Gasteiger partial charge in [-0.15, -0.1) is 0 Å². The molecule has 1 aliphatic rings. The molecule has 30 heavy (non-hydrogen) atoms. The lowest BCUT2D eigenvalue weighted by Gasteiger charge is -2.18. The van der Waals surface area contributed by atoms with Crippen molar-refractivity contribution < 1.29 is 27.9 Å². The lowest BCUT2D eigenvalue weighted by atomic mass is 10.2. The van der Waals surface area contributed by atoms with Crippen LogP contribution in [0.2, 0.25) is 5.02 Å². The fourth-order valence-corrected chi connectivity index (χ4v) is 3.27. The third kappa shape index (κ3) is 5.44. The number of nitrogens with zero attached hydrogens (tertiary/aromatic N) is 1. The van der Waals surface area contributed by atoms with Gasteiger partial charge in [0.25, 0.3) is 5.91 Å². The number of amides is 3. The van der Waals surface area contributed by atoms with E-state index in [1.54, 1.807) is 17.0 Å². The van der Waals surface area contributed by atoms with Gasteiger partial charge in [0.15, 0.2) is 0 Å². The van der Waals surface area contributed by atoms with Crippen molar-refractivity contribution in [2.24, 2.45) is 0 Å². The van der Waals surface area contributed by atoms with E-state index in [0.717, 1.165) is 12.5 Å². The minimum absolute atomic E-state index is 0.000540. The van der Waals surface area contributed by atoms with Crippen LogP contribution in [0.25, 0.3) is 0 Å². The zero-order chi connectivity index (χ0) is 21.7. The Morgan fingerprint density at radius 2 is 2.00 bits per heavy atom. The van der Waals surface area contributed by atoms with Crippen molar-refractivity contribution in [3.8, 4) is 5.75 Å². The summed E-state index contributed by atoms with van der Waals surface area (Å²) in [6.45, 7) is -2.75. The number of carbonyl (C=O) groups excluding carboxylic acids is 3. The Balaban J connectivity index is 1.55. The van der Waals surface area contributed by atoms with E-state index in [-0.39, 0.29) is 23.8 Å². The predicted octanol–water partition coefficient (Wildman–Crippen LogP) is 3.44. The van der Waals surface area contributed by atoms with Crippen LogP contribution in [0.4, 0.5) is 20.2 Å². The summed E-state index contributed by atoms with van der Waals surface area (Å²) < 4.78 is 28.8. The summed E-state index contributed by atoms with van der Waals surface area (Å²) in [4.78, 5) is 37.7. The molecule has 0 atom stereocenters. The molecule has 0 spiro atoms. The number of anilines is 2. The molecule has 3 rings (SSSR count). The van der Waals surface area contributed by atoms with Gasteiger partial charge in [-0.05, 0) is 42.8 Å². The summed E-state index contributed by atoms with van der Waals surface area (Å²) >= 11 is 6.24. The fourth-order valence-electron chi connectivity index (χ4n) is 2.99. The molecule has 0 bridgehead atoms. The summed E-state index contributed by atoms with van der Waals surface area (Å²) in [5, 5.41) is 5.31. The monoisotopic (exact) mass is 437 g/mol. The van der Waals surface area contributed by atoms with Crippen LogP contribution in [-0.4, -0.2) is 37.4 Å². The molecule has 1 fully saturated rings. The first kappa shape index (κ1) is 21.5. The van der Waals surface area contributed by atoms with Crippen LogP contribution in [0.3, 0.4) is 0 Å². The van der Waals surface area contributed by atoms with Crippen LogP contribution in [0.5, 0.6) is 5.75 Å². The Morgan fingerprint density at radius 1 is 1.20 bits per heavy atom. The van der Waals surface area contributed by atoms with E-state index in [2.05, 4.69) is 15.4 Å². The van der Waals surface area contributed by atoms with Gasteiger partial charge < -0.3 is 20.3 Å². The van der Waals surface area contributed by atoms with Gasteiger partial charge in [-0.25, -0.2) is 0 Å². The van der Waals surface area contributed by atoms with E-state index < -0.39 is 18.4 Å². The second-order valence-corrected chi connectivity index (χ2v) is 6.86. The van der Waals surface area contributed by atoms with Gasteiger partial charge >= 0.3 is 6.61 Å². The third-order valence-corrected chi connectivity index (χ3v) is 4.63. The maximum atomic E-state index is 12.3. The van der Waals surface area contributed by atoms with Gasteiger partial charge in [-0.2, -0.15) is 8.78 Å². The SMILES string of the molecule is O=C(CNC(=O)c1cccc(OC(F)F)c1)Nc1ccc(N2CCCC2=O)c(Cl)c1. The second kappa shape index (κ2) is 9.53. The van der Waals surface area contributed by atoms with Crippen molar-refractivity contribution in [3.05, 3.63) is 53.1 Å². The molecule has 2 aromatic rings. The van der Waals surface area contributed by atoms with Crippen molar-refractivity contribution in [1.82, 2.24) is 5.32 Å². The van der Waals surface area contributed by atoms with Crippen molar-refractivity contribution >= 4 is 40.7 Å². The van der Waals surface area contributed by atoms with Crippen LogP contribution in [0, 0.1) is 0 Å². The Morgan fingerprint density at radius 3 is 2.67 bits per heavy atom. The molecule has 7 nitrogen and oxygen atoms in total. The summed E-state index contributed by atoms with van der Waals surface area (Å²) in [6.07, 6.45) is 1.25. The summed E-state index contributed by atoms with van der Waals surface area (Å²) in [5.74, 6) is -1.29. The van der Waals surface area contributed by atoms with Crippen LogP contribution in [0.15, 0.2) is 42.5 Å². The van der Waals surface area contributed by atoms with Crippen molar-refractivity contribution in [2.45, 2.75) is 19.5 Å². The predicted molar refractivity (Wildman–Crippen MR) is 107 cm³/mol. The van der Waals surface area contributed by atoms with Gasteiger partial charge in [-0.3, -0.25) is 14.4 Å². The lowest BCUT2D eigenvalue weighted by Crippen LogP contribution is -2.32. The number of ether oxygens (including phenoxy) is 1. The highest BCUT2D eigenvalue weighted by Gasteiger charge is 2.23. The number of alkyl halides is 2. The molecule has 0 unspecified atom stereocenters. The zero-order valence-electron chi connectivity index (χ0n) is 15.7. The van der Waals surface area contributed by atoms with Crippen LogP contribution >= 0.6 is 11.6 Å². The van der Waals surface area contributed by atoms with Crippen LogP contribution in [-0.2, 0) is 9.59 Å². The van der Waals surface area contributed by atoms with E-state index in [0.29, 0.717) is 29.4 Å². The lowest BCUT2D eigenvalue weighted by molar-refractivity contribution is -0.117. The highest BCUT2D eigenvalue weighted by molar-refractivity contribution is 6.34. The fraction of sp³-hybridized carbons (Fsp3) is 0.250.